The van der Waals surface area contributed by atoms with Crippen molar-refractivity contribution in [2.24, 2.45) is 28.8 Å². The smallest absolute Gasteiger partial charge is 0.184 e. The van der Waals surface area contributed by atoms with Crippen LogP contribution in [0.15, 0.2) is 5.16 Å². The Morgan fingerprint density at radius 2 is 1.73 bits per heavy atom. The highest BCUT2D eigenvalue weighted by molar-refractivity contribution is 6.43. The van der Waals surface area contributed by atoms with Crippen molar-refractivity contribution in [2.45, 2.75) is 38.5 Å². The first kappa shape index (κ1) is 9.37. The van der Waals surface area contributed by atoms with Gasteiger partial charge in [-0.3, -0.25) is 4.79 Å². The Labute approximate surface area is 89.5 Å². The Balaban J connectivity index is 2.00. The fourth-order valence-electron chi connectivity index (χ4n) is 4.17. The van der Waals surface area contributed by atoms with Gasteiger partial charge in [0.15, 0.2) is 5.78 Å². The van der Waals surface area contributed by atoms with Gasteiger partial charge >= 0.3 is 0 Å². The van der Waals surface area contributed by atoms with Gasteiger partial charge in [0, 0.05) is 11.8 Å². The normalized spacial score (nSPS) is 46.9. The molecule has 0 bridgehead atoms. The minimum Gasteiger partial charge on any atom is -0.411 e. The average Bonchev–Trinajstić information content (AvgIpc) is 2.55. The summed E-state index contributed by atoms with van der Waals surface area (Å²) in [5, 5.41) is 12.2. The van der Waals surface area contributed by atoms with Crippen LogP contribution in [0.3, 0.4) is 0 Å². The highest BCUT2D eigenvalue weighted by Crippen LogP contribution is 2.51. The predicted octanol–water partition coefficient (Wildman–Crippen LogP) is 2.23. The van der Waals surface area contributed by atoms with Gasteiger partial charge in [-0.15, -0.1) is 0 Å². The predicted molar refractivity (Wildman–Crippen MR) is 55.9 cm³/mol. The van der Waals surface area contributed by atoms with Gasteiger partial charge in [0.05, 0.1) is 0 Å². The van der Waals surface area contributed by atoms with Gasteiger partial charge in [-0.05, 0) is 24.7 Å². The molecular formula is C12H17NO2. The third-order valence-electron chi connectivity index (χ3n) is 4.70. The summed E-state index contributed by atoms with van der Waals surface area (Å²) in [4.78, 5) is 12.0. The van der Waals surface area contributed by atoms with Crippen LogP contribution in [0.1, 0.15) is 38.5 Å². The highest BCUT2D eigenvalue weighted by atomic mass is 16.4. The van der Waals surface area contributed by atoms with E-state index in [0.717, 1.165) is 18.8 Å². The summed E-state index contributed by atoms with van der Waals surface area (Å²) in [5.74, 6) is 1.88. The summed E-state index contributed by atoms with van der Waals surface area (Å²) in [6.45, 7) is 0. The maximum Gasteiger partial charge on any atom is 0.184 e. The molecule has 3 aliphatic rings. The minimum absolute atomic E-state index is 0.152. The van der Waals surface area contributed by atoms with Gasteiger partial charge in [-0.2, -0.15) is 0 Å². The molecule has 3 nitrogen and oxygen atoms in total. The Hall–Kier alpha value is -0.860. The molecule has 3 heteroatoms. The van der Waals surface area contributed by atoms with E-state index in [1.807, 2.05) is 0 Å². The lowest BCUT2D eigenvalue weighted by atomic mass is 9.65. The van der Waals surface area contributed by atoms with E-state index in [1.54, 1.807) is 0 Å². The summed E-state index contributed by atoms with van der Waals surface area (Å²) < 4.78 is 0. The summed E-state index contributed by atoms with van der Waals surface area (Å²) in [6, 6.07) is 0. The zero-order chi connectivity index (χ0) is 10.4. The number of nitrogens with zero attached hydrogens (tertiary/aromatic N) is 1. The van der Waals surface area contributed by atoms with Crippen LogP contribution >= 0.6 is 0 Å². The van der Waals surface area contributed by atoms with Crippen molar-refractivity contribution < 1.29 is 10.0 Å². The second-order valence-corrected chi connectivity index (χ2v) is 5.26. The third kappa shape index (κ3) is 1.18. The zero-order valence-corrected chi connectivity index (χ0v) is 8.85. The summed E-state index contributed by atoms with van der Waals surface area (Å²) in [7, 11) is 0. The molecule has 3 rings (SSSR count). The molecule has 3 saturated carbocycles. The second kappa shape index (κ2) is 3.32. The van der Waals surface area contributed by atoms with Crippen molar-refractivity contribution in [1.29, 1.82) is 0 Å². The van der Waals surface area contributed by atoms with Crippen LogP contribution in [-0.2, 0) is 4.79 Å². The molecule has 4 atom stereocenters. The van der Waals surface area contributed by atoms with Crippen LogP contribution in [0.4, 0.5) is 0 Å². The quantitative estimate of drug-likeness (QED) is 0.489. The van der Waals surface area contributed by atoms with Crippen molar-refractivity contribution >= 4 is 11.5 Å². The van der Waals surface area contributed by atoms with E-state index in [0.29, 0.717) is 11.6 Å². The number of carbonyl (C=O) groups excluding carboxylic acids is 1. The fraction of sp³-hybridized carbons (Fsp3) is 0.833. The Kier molecular flexibility index (Phi) is 2.08. The number of oxime groups is 1. The summed E-state index contributed by atoms with van der Waals surface area (Å²) >= 11 is 0. The molecule has 15 heavy (non-hydrogen) atoms. The molecule has 3 aliphatic carbocycles. The fourth-order valence-corrected chi connectivity index (χ4v) is 4.17. The molecule has 0 saturated heterocycles. The lowest BCUT2D eigenvalue weighted by Gasteiger charge is -2.39. The standard InChI is InChI=1S/C12H17NO2/c14-12-9-6-2-4-7-3-1-5-8(10(7)9)11(12)13-15/h7-10,15H,1-6H2. The Morgan fingerprint density at radius 3 is 2.40 bits per heavy atom. The van der Waals surface area contributed by atoms with E-state index in [2.05, 4.69) is 5.16 Å². The molecule has 1 N–H and O–H groups in total. The molecule has 0 spiro atoms. The molecule has 3 fully saturated rings. The topological polar surface area (TPSA) is 49.7 Å². The summed E-state index contributed by atoms with van der Waals surface area (Å²) in [6.07, 6.45) is 7.03. The maximum absolute atomic E-state index is 12.0. The zero-order valence-electron chi connectivity index (χ0n) is 8.85. The molecule has 0 aromatic carbocycles. The molecular weight excluding hydrogens is 190 g/mol. The van der Waals surface area contributed by atoms with E-state index in [-0.39, 0.29) is 17.6 Å². The van der Waals surface area contributed by atoms with Crippen molar-refractivity contribution in [3.8, 4) is 0 Å². The van der Waals surface area contributed by atoms with E-state index >= 15 is 0 Å². The first-order valence-electron chi connectivity index (χ1n) is 6.09. The first-order chi connectivity index (χ1) is 7.33. The lowest BCUT2D eigenvalue weighted by molar-refractivity contribution is -0.118. The minimum atomic E-state index is 0.152. The van der Waals surface area contributed by atoms with Gasteiger partial charge in [0.25, 0.3) is 0 Å². The van der Waals surface area contributed by atoms with Crippen LogP contribution in [0.2, 0.25) is 0 Å². The van der Waals surface area contributed by atoms with Crippen molar-refractivity contribution in [3.05, 3.63) is 0 Å². The molecule has 0 amide bonds. The molecule has 0 aromatic heterocycles. The van der Waals surface area contributed by atoms with Crippen molar-refractivity contribution in [1.82, 2.24) is 0 Å². The van der Waals surface area contributed by atoms with Gasteiger partial charge in [0.2, 0.25) is 0 Å². The van der Waals surface area contributed by atoms with Crippen molar-refractivity contribution in [2.75, 3.05) is 0 Å². The van der Waals surface area contributed by atoms with Gasteiger partial charge < -0.3 is 5.21 Å². The number of ketones is 1. The lowest BCUT2D eigenvalue weighted by Crippen LogP contribution is -2.33. The number of rotatable bonds is 0. The maximum atomic E-state index is 12.0. The molecule has 0 heterocycles. The van der Waals surface area contributed by atoms with E-state index in [9.17, 15) is 4.79 Å². The molecule has 0 radical (unpaired) electrons. The monoisotopic (exact) mass is 207 g/mol. The van der Waals surface area contributed by atoms with Gasteiger partial charge in [0.1, 0.15) is 5.71 Å². The van der Waals surface area contributed by atoms with Crippen LogP contribution in [0.25, 0.3) is 0 Å². The van der Waals surface area contributed by atoms with Crippen LogP contribution in [0.5, 0.6) is 0 Å². The Morgan fingerprint density at radius 1 is 1.07 bits per heavy atom. The van der Waals surface area contributed by atoms with Crippen molar-refractivity contribution in [3.63, 3.8) is 0 Å². The van der Waals surface area contributed by atoms with E-state index in [1.165, 1.54) is 25.7 Å². The second-order valence-electron chi connectivity index (χ2n) is 5.26. The number of hydrogen-bond donors (Lipinski definition) is 1. The molecule has 0 aliphatic heterocycles. The average molecular weight is 207 g/mol. The first-order valence-corrected chi connectivity index (χ1v) is 6.09. The van der Waals surface area contributed by atoms with E-state index in [4.69, 9.17) is 5.21 Å². The van der Waals surface area contributed by atoms with Crippen LogP contribution in [-0.4, -0.2) is 16.7 Å². The Bertz CT molecular complexity index is 322. The number of hydrogen-bond acceptors (Lipinski definition) is 3. The van der Waals surface area contributed by atoms with Crippen LogP contribution < -0.4 is 0 Å². The summed E-state index contributed by atoms with van der Waals surface area (Å²) in [5.41, 5.74) is 0.497. The van der Waals surface area contributed by atoms with E-state index < -0.39 is 0 Å². The van der Waals surface area contributed by atoms with Gasteiger partial charge in [-0.1, -0.05) is 30.8 Å². The van der Waals surface area contributed by atoms with Crippen LogP contribution in [0, 0.1) is 23.7 Å². The molecule has 82 valence electrons. The molecule has 0 aromatic rings. The number of carbonyl (C=O) groups is 1. The van der Waals surface area contributed by atoms with Gasteiger partial charge in [-0.25, -0.2) is 0 Å². The SMILES string of the molecule is O=C1C(=NO)C2CCCC3CCCC1C32. The largest absolute Gasteiger partial charge is 0.411 e. The third-order valence-corrected chi connectivity index (χ3v) is 4.70. The highest BCUT2D eigenvalue weighted by Gasteiger charge is 2.53. The molecule has 4 unspecified atom stereocenters. The number of Topliss-reactive ketones (excluding diaryl/α,β-unsaturated/α-hetero) is 1.